The molecule has 21 heavy (non-hydrogen) atoms. The first-order valence-corrected chi connectivity index (χ1v) is 8.29. The molecule has 1 atom stereocenters. The maximum absolute atomic E-state index is 12.6. The van der Waals surface area contributed by atoms with Crippen LogP contribution in [-0.2, 0) is 10.2 Å². The zero-order chi connectivity index (χ0) is 15.6. The largest absolute Gasteiger partial charge is 0.478 e. The van der Waals surface area contributed by atoms with Gasteiger partial charge < -0.3 is 5.11 Å². The highest BCUT2D eigenvalue weighted by molar-refractivity contribution is 7.90. The maximum atomic E-state index is 12.6. The standard InChI is InChI=1S/C14H20N2O4S/c1-11-4-3-9-16(10-11)21(19,20)15(2)13-7-5-12(6-8-13)14(17)18/h5-8,11H,3-4,9-10H2,1-2H3,(H,17,18)/t11-/m0/s1. The fourth-order valence-electron chi connectivity index (χ4n) is 2.48. The van der Waals surface area contributed by atoms with Crippen molar-refractivity contribution in [3.63, 3.8) is 0 Å². The highest BCUT2D eigenvalue weighted by Crippen LogP contribution is 2.24. The van der Waals surface area contributed by atoms with Gasteiger partial charge in [-0.15, -0.1) is 0 Å². The minimum atomic E-state index is -3.56. The molecule has 1 aromatic rings. The van der Waals surface area contributed by atoms with E-state index < -0.39 is 16.2 Å². The predicted octanol–water partition coefficient (Wildman–Crippen LogP) is 1.80. The van der Waals surface area contributed by atoms with Gasteiger partial charge in [-0.05, 0) is 43.0 Å². The minimum Gasteiger partial charge on any atom is -0.478 e. The van der Waals surface area contributed by atoms with Gasteiger partial charge in [0.25, 0.3) is 0 Å². The van der Waals surface area contributed by atoms with Crippen molar-refractivity contribution < 1.29 is 18.3 Å². The molecule has 1 N–H and O–H groups in total. The number of hydrogen-bond acceptors (Lipinski definition) is 3. The Hall–Kier alpha value is -1.60. The van der Waals surface area contributed by atoms with Crippen LogP contribution in [0.2, 0.25) is 0 Å². The number of nitrogens with zero attached hydrogens (tertiary/aromatic N) is 2. The molecule has 116 valence electrons. The molecule has 1 aliphatic heterocycles. The van der Waals surface area contributed by atoms with E-state index in [-0.39, 0.29) is 5.56 Å². The lowest BCUT2D eigenvalue weighted by Gasteiger charge is -2.33. The van der Waals surface area contributed by atoms with Crippen molar-refractivity contribution in [3.05, 3.63) is 29.8 Å². The molecular formula is C14H20N2O4S. The number of rotatable bonds is 4. The second kappa shape index (κ2) is 6.03. The van der Waals surface area contributed by atoms with Gasteiger partial charge in [0.1, 0.15) is 0 Å². The number of anilines is 1. The summed E-state index contributed by atoms with van der Waals surface area (Å²) in [6.07, 6.45) is 1.91. The lowest BCUT2D eigenvalue weighted by molar-refractivity contribution is 0.0697. The van der Waals surface area contributed by atoms with Gasteiger partial charge in [-0.3, -0.25) is 4.31 Å². The smallest absolute Gasteiger partial charge is 0.335 e. The Morgan fingerprint density at radius 1 is 1.33 bits per heavy atom. The molecule has 0 radical (unpaired) electrons. The van der Waals surface area contributed by atoms with Crippen LogP contribution in [-0.4, -0.2) is 43.9 Å². The number of piperidine rings is 1. The molecule has 1 saturated heterocycles. The van der Waals surface area contributed by atoms with E-state index in [1.165, 1.54) is 39.9 Å². The molecule has 1 aromatic carbocycles. The summed E-state index contributed by atoms with van der Waals surface area (Å²) >= 11 is 0. The average Bonchev–Trinajstić information content (AvgIpc) is 2.46. The van der Waals surface area contributed by atoms with Crippen molar-refractivity contribution in [1.82, 2.24) is 4.31 Å². The third-order valence-corrected chi connectivity index (χ3v) is 5.66. The molecule has 0 amide bonds. The fraction of sp³-hybridized carbons (Fsp3) is 0.500. The van der Waals surface area contributed by atoms with Crippen LogP contribution >= 0.6 is 0 Å². The van der Waals surface area contributed by atoms with E-state index in [1.807, 2.05) is 6.92 Å². The Kier molecular flexibility index (Phi) is 4.53. The lowest BCUT2D eigenvalue weighted by atomic mass is 10.0. The number of benzene rings is 1. The Morgan fingerprint density at radius 2 is 1.95 bits per heavy atom. The number of carbonyl (C=O) groups is 1. The molecule has 1 fully saturated rings. The zero-order valence-corrected chi connectivity index (χ0v) is 13.0. The van der Waals surface area contributed by atoms with E-state index in [4.69, 9.17) is 5.11 Å². The van der Waals surface area contributed by atoms with E-state index in [2.05, 4.69) is 0 Å². The lowest BCUT2D eigenvalue weighted by Crippen LogP contribution is -2.46. The quantitative estimate of drug-likeness (QED) is 0.919. The van der Waals surface area contributed by atoms with Crippen LogP contribution in [0.15, 0.2) is 24.3 Å². The van der Waals surface area contributed by atoms with Gasteiger partial charge >= 0.3 is 16.2 Å². The molecule has 0 bridgehead atoms. The fourth-order valence-corrected chi connectivity index (χ4v) is 4.01. The third kappa shape index (κ3) is 3.36. The van der Waals surface area contributed by atoms with Crippen molar-refractivity contribution in [1.29, 1.82) is 0 Å². The number of carboxylic acid groups (broad SMARTS) is 1. The number of aromatic carboxylic acids is 1. The summed E-state index contributed by atoms with van der Waals surface area (Å²) < 4.78 is 27.9. The first-order valence-electron chi connectivity index (χ1n) is 6.89. The molecule has 0 unspecified atom stereocenters. The van der Waals surface area contributed by atoms with Crippen LogP contribution in [0.25, 0.3) is 0 Å². The summed E-state index contributed by atoms with van der Waals surface area (Å²) in [6.45, 7) is 3.10. The van der Waals surface area contributed by atoms with Crippen LogP contribution < -0.4 is 4.31 Å². The summed E-state index contributed by atoms with van der Waals surface area (Å²) in [4.78, 5) is 10.8. The second-order valence-electron chi connectivity index (χ2n) is 5.43. The molecule has 7 heteroatoms. The molecule has 0 spiro atoms. The third-order valence-electron chi connectivity index (χ3n) is 3.77. The minimum absolute atomic E-state index is 0.135. The average molecular weight is 312 g/mol. The molecule has 1 aliphatic rings. The van der Waals surface area contributed by atoms with Gasteiger partial charge in [0.15, 0.2) is 0 Å². The molecular weight excluding hydrogens is 292 g/mol. The summed E-state index contributed by atoms with van der Waals surface area (Å²) in [5.74, 6) is -0.673. The Balaban J connectivity index is 2.21. The second-order valence-corrected chi connectivity index (χ2v) is 7.39. The van der Waals surface area contributed by atoms with Gasteiger partial charge in [0, 0.05) is 20.1 Å². The monoisotopic (exact) mass is 312 g/mol. The highest BCUT2D eigenvalue weighted by atomic mass is 32.2. The van der Waals surface area contributed by atoms with E-state index in [9.17, 15) is 13.2 Å². The van der Waals surface area contributed by atoms with Crippen molar-refractivity contribution in [2.45, 2.75) is 19.8 Å². The molecule has 0 aromatic heterocycles. The SMILES string of the molecule is C[C@H]1CCCN(S(=O)(=O)N(C)c2ccc(C(=O)O)cc2)C1. The Morgan fingerprint density at radius 3 is 2.48 bits per heavy atom. The summed E-state index contributed by atoms with van der Waals surface area (Å²) in [5, 5.41) is 8.87. The van der Waals surface area contributed by atoms with Crippen molar-refractivity contribution in [3.8, 4) is 0 Å². The normalized spacial score (nSPS) is 20.2. The van der Waals surface area contributed by atoms with Crippen LogP contribution in [0.5, 0.6) is 0 Å². The first kappa shape index (κ1) is 15.8. The van der Waals surface area contributed by atoms with Crippen molar-refractivity contribution >= 4 is 21.9 Å². The molecule has 2 rings (SSSR count). The van der Waals surface area contributed by atoms with Crippen LogP contribution in [0, 0.1) is 5.92 Å². The zero-order valence-electron chi connectivity index (χ0n) is 12.2. The Labute approximate surface area is 125 Å². The number of hydrogen-bond donors (Lipinski definition) is 1. The van der Waals surface area contributed by atoms with E-state index in [1.54, 1.807) is 0 Å². The van der Waals surface area contributed by atoms with Gasteiger partial charge in [0.2, 0.25) is 0 Å². The van der Waals surface area contributed by atoms with Crippen molar-refractivity contribution in [2.75, 3.05) is 24.4 Å². The van der Waals surface area contributed by atoms with Gasteiger partial charge in [-0.1, -0.05) is 6.92 Å². The van der Waals surface area contributed by atoms with Crippen LogP contribution in [0.1, 0.15) is 30.1 Å². The van der Waals surface area contributed by atoms with E-state index >= 15 is 0 Å². The molecule has 0 saturated carbocycles. The predicted molar refractivity (Wildman–Crippen MR) is 80.7 cm³/mol. The number of carboxylic acids is 1. The maximum Gasteiger partial charge on any atom is 0.335 e. The Bertz CT molecular complexity index is 612. The van der Waals surface area contributed by atoms with Gasteiger partial charge in [-0.2, -0.15) is 12.7 Å². The molecule has 6 nitrogen and oxygen atoms in total. The summed E-state index contributed by atoms with van der Waals surface area (Å²) in [6, 6.07) is 5.83. The summed E-state index contributed by atoms with van der Waals surface area (Å²) in [7, 11) is -2.07. The van der Waals surface area contributed by atoms with Gasteiger partial charge in [0.05, 0.1) is 11.3 Å². The molecule has 1 heterocycles. The summed E-state index contributed by atoms with van der Waals surface area (Å²) in [5.41, 5.74) is 0.592. The van der Waals surface area contributed by atoms with E-state index in [0.717, 1.165) is 12.8 Å². The topological polar surface area (TPSA) is 77.9 Å². The van der Waals surface area contributed by atoms with Crippen LogP contribution in [0.3, 0.4) is 0 Å². The van der Waals surface area contributed by atoms with Crippen LogP contribution in [0.4, 0.5) is 5.69 Å². The van der Waals surface area contributed by atoms with Gasteiger partial charge in [-0.25, -0.2) is 4.79 Å². The van der Waals surface area contributed by atoms with Crippen molar-refractivity contribution in [2.24, 2.45) is 5.92 Å². The van der Waals surface area contributed by atoms with E-state index in [0.29, 0.717) is 24.7 Å². The molecule has 0 aliphatic carbocycles. The highest BCUT2D eigenvalue weighted by Gasteiger charge is 2.30. The first-order chi connectivity index (χ1) is 9.82.